The van der Waals surface area contributed by atoms with Gasteiger partial charge in [-0.05, 0) is 38.8 Å². The van der Waals surface area contributed by atoms with Gasteiger partial charge in [0.05, 0.1) is 6.04 Å². The van der Waals surface area contributed by atoms with Gasteiger partial charge in [-0.15, -0.1) is 0 Å². The molecule has 24 heavy (non-hydrogen) atoms. The topological polar surface area (TPSA) is 75.0 Å². The molecule has 1 fully saturated rings. The van der Waals surface area contributed by atoms with Crippen LogP contribution in [0, 0.1) is 25.2 Å². The van der Waals surface area contributed by atoms with Gasteiger partial charge in [0.2, 0.25) is 0 Å². The molecule has 0 radical (unpaired) electrons. The lowest BCUT2D eigenvalue weighted by atomic mass is 10.1. The van der Waals surface area contributed by atoms with E-state index in [2.05, 4.69) is 26.0 Å². The second-order valence-electron chi connectivity index (χ2n) is 6.22. The quantitative estimate of drug-likeness (QED) is 0.723. The fourth-order valence-electron chi connectivity index (χ4n) is 3.54. The molecule has 4 rings (SSSR count). The number of nitrogens with zero attached hydrogens (tertiary/aromatic N) is 7. The number of piperidine rings is 1. The van der Waals surface area contributed by atoms with E-state index in [0.717, 1.165) is 49.0 Å². The molecule has 0 saturated carbocycles. The predicted octanol–water partition coefficient (Wildman–Crippen LogP) is 2.26. The molecule has 1 aliphatic rings. The molecule has 7 heteroatoms. The Balaban J connectivity index is 1.70. The van der Waals surface area contributed by atoms with E-state index in [1.807, 2.05) is 47.3 Å². The Morgan fingerprint density at radius 1 is 1.25 bits per heavy atom. The summed E-state index contributed by atoms with van der Waals surface area (Å²) in [7, 11) is 0. The van der Waals surface area contributed by atoms with Crippen LogP contribution in [0.25, 0.3) is 5.65 Å². The normalized spacial score (nSPS) is 18.0. The Hall–Kier alpha value is -2.88. The zero-order chi connectivity index (χ0) is 16.7. The van der Waals surface area contributed by atoms with Crippen LogP contribution in [-0.4, -0.2) is 37.2 Å². The predicted molar refractivity (Wildman–Crippen MR) is 89.9 cm³/mol. The van der Waals surface area contributed by atoms with Crippen molar-refractivity contribution >= 4 is 11.5 Å². The molecule has 0 amide bonds. The molecule has 122 valence electrons. The van der Waals surface area contributed by atoms with E-state index in [9.17, 15) is 5.26 Å². The minimum absolute atomic E-state index is 0.260. The van der Waals surface area contributed by atoms with E-state index >= 15 is 0 Å². The highest BCUT2D eigenvalue weighted by molar-refractivity contribution is 5.60. The first-order valence-corrected chi connectivity index (χ1v) is 8.19. The van der Waals surface area contributed by atoms with Crippen molar-refractivity contribution in [3.63, 3.8) is 0 Å². The number of pyridine rings is 1. The average molecular weight is 321 g/mol. The number of imidazole rings is 1. The molecule has 1 unspecified atom stereocenters. The molecule has 0 aliphatic carbocycles. The molecule has 3 aromatic heterocycles. The maximum Gasteiger partial charge on any atom is 0.169 e. The van der Waals surface area contributed by atoms with E-state index < -0.39 is 0 Å². The first-order chi connectivity index (χ1) is 11.7. The highest BCUT2D eigenvalue weighted by atomic mass is 15.4. The number of anilines is 1. The summed E-state index contributed by atoms with van der Waals surface area (Å²) in [4.78, 5) is 11.3. The van der Waals surface area contributed by atoms with Crippen LogP contribution in [0.1, 0.15) is 36.2 Å². The molecule has 1 atom stereocenters. The summed E-state index contributed by atoms with van der Waals surface area (Å²) < 4.78 is 3.87. The summed E-state index contributed by atoms with van der Waals surface area (Å²) in [5.41, 5.74) is 1.40. The maximum atomic E-state index is 9.60. The van der Waals surface area contributed by atoms with Crippen molar-refractivity contribution in [3.05, 3.63) is 41.7 Å². The monoisotopic (exact) mass is 321 g/mol. The first-order valence-electron chi connectivity index (χ1n) is 8.19. The molecule has 0 aromatic carbocycles. The van der Waals surface area contributed by atoms with Gasteiger partial charge in [0.1, 0.15) is 23.4 Å². The van der Waals surface area contributed by atoms with Crippen LogP contribution in [0.5, 0.6) is 0 Å². The highest BCUT2D eigenvalue weighted by Gasteiger charge is 2.27. The minimum atomic E-state index is 0.260. The van der Waals surface area contributed by atoms with Crippen molar-refractivity contribution in [2.75, 3.05) is 18.0 Å². The van der Waals surface area contributed by atoms with Crippen LogP contribution in [0.2, 0.25) is 0 Å². The first kappa shape index (κ1) is 14.7. The van der Waals surface area contributed by atoms with Crippen molar-refractivity contribution in [1.29, 1.82) is 5.26 Å². The van der Waals surface area contributed by atoms with E-state index in [-0.39, 0.29) is 6.04 Å². The Morgan fingerprint density at radius 3 is 2.88 bits per heavy atom. The van der Waals surface area contributed by atoms with E-state index in [1.165, 1.54) is 0 Å². The fourth-order valence-corrected chi connectivity index (χ4v) is 3.54. The third-order valence-electron chi connectivity index (χ3n) is 4.57. The second-order valence-corrected chi connectivity index (χ2v) is 6.22. The number of aryl methyl sites for hydroxylation is 2. The fraction of sp³-hybridized carbons (Fsp3) is 0.412. The summed E-state index contributed by atoms with van der Waals surface area (Å²) in [5, 5.41) is 14.1. The third-order valence-corrected chi connectivity index (χ3v) is 4.57. The van der Waals surface area contributed by atoms with Crippen LogP contribution in [0.15, 0.2) is 24.4 Å². The van der Waals surface area contributed by atoms with Gasteiger partial charge in [-0.2, -0.15) is 10.4 Å². The Kier molecular flexibility index (Phi) is 3.45. The summed E-state index contributed by atoms with van der Waals surface area (Å²) in [6.45, 7) is 5.61. The van der Waals surface area contributed by atoms with Gasteiger partial charge in [-0.3, -0.25) is 4.40 Å². The molecule has 3 aromatic rings. The lowest BCUT2D eigenvalue weighted by molar-refractivity contribution is 0.367. The van der Waals surface area contributed by atoms with Gasteiger partial charge in [0.25, 0.3) is 0 Å². The van der Waals surface area contributed by atoms with Crippen molar-refractivity contribution in [1.82, 2.24) is 24.1 Å². The van der Waals surface area contributed by atoms with Crippen molar-refractivity contribution in [2.45, 2.75) is 32.7 Å². The number of nitriles is 1. The molecule has 0 bridgehead atoms. The lowest BCUT2D eigenvalue weighted by Gasteiger charge is -2.33. The molecular weight excluding hydrogens is 302 g/mol. The number of fused-ring (bicyclic) bond motifs is 1. The molecular formula is C17H19N7. The number of aromatic nitrogens is 5. The van der Waals surface area contributed by atoms with Gasteiger partial charge < -0.3 is 4.90 Å². The molecule has 0 spiro atoms. The standard InChI is InChI=1S/C17H19N7/c1-12-19-13(2)24(21-12)14-6-5-8-22(11-14)17-15(10-18)23-9-4-3-7-16(23)20-17/h3-4,7,9,14H,5-6,8,11H2,1-2H3. The highest BCUT2D eigenvalue weighted by Crippen LogP contribution is 2.28. The SMILES string of the molecule is Cc1nc(C)n(C2CCCN(c3nc4ccccn4c3C#N)C2)n1. The summed E-state index contributed by atoms with van der Waals surface area (Å²) in [5.74, 6) is 2.51. The maximum absolute atomic E-state index is 9.60. The second kappa shape index (κ2) is 5.64. The van der Waals surface area contributed by atoms with Crippen LogP contribution in [-0.2, 0) is 0 Å². The Labute approximate surface area is 140 Å². The number of hydrogen-bond donors (Lipinski definition) is 0. The Bertz CT molecular complexity index is 930. The molecule has 0 N–H and O–H groups in total. The van der Waals surface area contributed by atoms with Crippen LogP contribution in [0.4, 0.5) is 5.82 Å². The third kappa shape index (κ3) is 2.31. The smallest absolute Gasteiger partial charge is 0.169 e. The molecule has 7 nitrogen and oxygen atoms in total. The average Bonchev–Trinajstić information content (AvgIpc) is 3.14. The van der Waals surface area contributed by atoms with Crippen LogP contribution < -0.4 is 4.90 Å². The summed E-state index contributed by atoms with van der Waals surface area (Å²) in [6, 6.07) is 8.35. The van der Waals surface area contributed by atoms with Gasteiger partial charge in [0, 0.05) is 19.3 Å². The summed E-state index contributed by atoms with van der Waals surface area (Å²) in [6.07, 6.45) is 3.99. The van der Waals surface area contributed by atoms with Gasteiger partial charge in [-0.1, -0.05) is 6.07 Å². The van der Waals surface area contributed by atoms with E-state index in [1.54, 1.807) is 0 Å². The zero-order valence-electron chi connectivity index (χ0n) is 13.8. The van der Waals surface area contributed by atoms with Gasteiger partial charge >= 0.3 is 0 Å². The van der Waals surface area contributed by atoms with Crippen molar-refractivity contribution in [2.24, 2.45) is 0 Å². The number of hydrogen-bond acceptors (Lipinski definition) is 5. The molecule has 1 aliphatic heterocycles. The van der Waals surface area contributed by atoms with Crippen molar-refractivity contribution in [3.8, 4) is 6.07 Å². The van der Waals surface area contributed by atoms with E-state index in [4.69, 9.17) is 0 Å². The zero-order valence-corrected chi connectivity index (χ0v) is 13.8. The number of rotatable bonds is 2. The van der Waals surface area contributed by atoms with Crippen LogP contribution >= 0.6 is 0 Å². The van der Waals surface area contributed by atoms with Crippen LogP contribution in [0.3, 0.4) is 0 Å². The molecule has 4 heterocycles. The van der Waals surface area contributed by atoms with Crippen molar-refractivity contribution < 1.29 is 0 Å². The summed E-state index contributed by atoms with van der Waals surface area (Å²) >= 11 is 0. The Morgan fingerprint density at radius 2 is 2.12 bits per heavy atom. The van der Waals surface area contributed by atoms with E-state index in [0.29, 0.717) is 5.69 Å². The van der Waals surface area contributed by atoms with Gasteiger partial charge in [-0.25, -0.2) is 14.6 Å². The largest absolute Gasteiger partial charge is 0.352 e. The lowest BCUT2D eigenvalue weighted by Crippen LogP contribution is -2.38. The molecule has 1 saturated heterocycles. The van der Waals surface area contributed by atoms with Gasteiger partial charge in [0.15, 0.2) is 11.5 Å². The minimum Gasteiger partial charge on any atom is -0.352 e.